The van der Waals surface area contributed by atoms with Gasteiger partial charge in [-0.2, -0.15) is 0 Å². The summed E-state index contributed by atoms with van der Waals surface area (Å²) in [6, 6.07) is 1.62. The van der Waals surface area contributed by atoms with Crippen molar-refractivity contribution in [1.29, 1.82) is 0 Å². The predicted molar refractivity (Wildman–Crippen MR) is 77.1 cm³/mol. The van der Waals surface area contributed by atoms with Crippen LogP contribution in [0.25, 0.3) is 0 Å². The predicted octanol–water partition coefficient (Wildman–Crippen LogP) is 0.958. The molecule has 1 fully saturated rings. The highest BCUT2D eigenvalue weighted by Crippen LogP contribution is 2.16. The summed E-state index contributed by atoms with van der Waals surface area (Å²) in [5.74, 6) is 0.989. The van der Waals surface area contributed by atoms with Gasteiger partial charge in [-0.15, -0.1) is 0 Å². The van der Waals surface area contributed by atoms with E-state index >= 15 is 0 Å². The van der Waals surface area contributed by atoms with Crippen LogP contribution in [0.15, 0.2) is 15.5 Å². The zero-order valence-corrected chi connectivity index (χ0v) is 12.3. The van der Waals surface area contributed by atoms with Gasteiger partial charge in [-0.3, -0.25) is 0 Å². The fourth-order valence-electron chi connectivity index (χ4n) is 2.18. The number of methoxy groups -OCH3 is 1. The van der Waals surface area contributed by atoms with E-state index < -0.39 is 5.97 Å². The number of nitrogens with one attached hydrogen (secondary N) is 1. The summed E-state index contributed by atoms with van der Waals surface area (Å²) >= 11 is 0. The molecule has 1 aliphatic rings. The van der Waals surface area contributed by atoms with E-state index in [1.807, 2.05) is 0 Å². The molecule has 0 unspecified atom stereocenters. The Bertz CT molecular complexity index is 518. The fraction of sp³-hybridized carbons (Fsp3) is 0.571. The molecule has 7 heteroatoms. The van der Waals surface area contributed by atoms with Crippen LogP contribution in [0.2, 0.25) is 0 Å². The molecule has 0 saturated carbocycles. The molecular weight excluding hydrogens is 274 g/mol. The second kappa shape index (κ2) is 7.12. The van der Waals surface area contributed by atoms with Crippen LogP contribution < -0.4 is 11.1 Å². The summed E-state index contributed by atoms with van der Waals surface area (Å²) in [7, 11) is 1.33. The first-order chi connectivity index (χ1) is 10.1. The smallest absolute Gasteiger partial charge is 0.341 e. The molecule has 1 aromatic rings. The van der Waals surface area contributed by atoms with Crippen molar-refractivity contribution in [1.82, 2.24) is 5.32 Å². The summed E-state index contributed by atoms with van der Waals surface area (Å²) < 4.78 is 15.6. The van der Waals surface area contributed by atoms with E-state index in [2.05, 4.69) is 15.0 Å². The summed E-state index contributed by atoms with van der Waals surface area (Å²) in [6.45, 7) is 3.44. The lowest BCUT2D eigenvalue weighted by Crippen LogP contribution is -2.37. The molecule has 2 heterocycles. The molecule has 1 saturated heterocycles. The van der Waals surface area contributed by atoms with Crippen molar-refractivity contribution in [3.8, 4) is 0 Å². The van der Waals surface area contributed by atoms with Gasteiger partial charge in [-0.05, 0) is 25.8 Å². The van der Waals surface area contributed by atoms with Gasteiger partial charge in [0.15, 0.2) is 5.96 Å². The molecule has 0 amide bonds. The molecule has 1 atom stereocenters. The molecule has 21 heavy (non-hydrogen) atoms. The van der Waals surface area contributed by atoms with Crippen molar-refractivity contribution in [2.75, 3.05) is 20.3 Å². The minimum Gasteiger partial charge on any atom is -0.465 e. The van der Waals surface area contributed by atoms with Crippen molar-refractivity contribution in [2.24, 2.45) is 10.7 Å². The third kappa shape index (κ3) is 4.22. The molecule has 116 valence electrons. The highest BCUT2D eigenvalue weighted by Gasteiger charge is 2.16. The average molecular weight is 295 g/mol. The number of carbonyl (C=O) groups is 1. The first-order valence-corrected chi connectivity index (χ1v) is 6.93. The Morgan fingerprint density at radius 3 is 3.10 bits per heavy atom. The van der Waals surface area contributed by atoms with Crippen molar-refractivity contribution in [2.45, 2.75) is 32.4 Å². The highest BCUT2D eigenvalue weighted by molar-refractivity contribution is 5.90. The lowest BCUT2D eigenvalue weighted by Gasteiger charge is -2.10. The van der Waals surface area contributed by atoms with Gasteiger partial charge in [0, 0.05) is 13.2 Å². The van der Waals surface area contributed by atoms with Crippen LogP contribution in [-0.2, 0) is 16.0 Å². The normalized spacial score (nSPS) is 18.8. The standard InChI is InChI=1S/C14H21N3O4/c1-9-12(13(18)19-2)6-11(21-9)8-17-14(15)16-7-10-4-3-5-20-10/h6,10H,3-5,7-8H2,1-2H3,(H3,15,16,17)/t10-/m0/s1. The van der Waals surface area contributed by atoms with E-state index in [-0.39, 0.29) is 12.6 Å². The van der Waals surface area contributed by atoms with Crippen LogP contribution in [0.1, 0.15) is 34.7 Å². The summed E-state index contributed by atoms with van der Waals surface area (Å²) in [4.78, 5) is 15.6. The Morgan fingerprint density at radius 2 is 2.43 bits per heavy atom. The number of aliphatic imine (C=N–C) groups is 1. The van der Waals surface area contributed by atoms with Gasteiger partial charge in [0.2, 0.25) is 0 Å². The number of rotatable bonds is 5. The number of aryl methyl sites for hydroxylation is 1. The molecule has 3 N–H and O–H groups in total. The Morgan fingerprint density at radius 1 is 1.62 bits per heavy atom. The number of nitrogens with zero attached hydrogens (tertiary/aromatic N) is 1. The molecule has 1 aromatic heterocycles. The number of nitrogens with two attached hydrogens (primary N) is 1. The Labute approximate surface area is 123 Å². The number of esters is 1. The first-order valence-electron chi connectivity index (χ1n) is 6.93. The average Bonchev–Trinajstić information content (AvgIpc) is 3.11. The summed E-state index contributed by atoms with van der Waals surface area (Å²) in [5.41, 5.74) is 6.19. The van der Waals surface area contributed by atoms with Gasteiger partial charge in [-0.1, -0.05) is 0 Å². The van der Waals surface area contributed by atoms with Crippen molar-refractivity contribution >= 4 is 11.9 Å². The zero-order valence-electron chi connectivity index (χ0n) is 12.3. The van der Waals surface area contributed by atoms with E-state index in [1.54, 1.807) is 13.0 Å². The molecule has 0 spiro atoms. The third-order valence-electron chi connectivity index (χ3n) is 3.31. The number of carbonyl (C=O) groups excluding carboxylic acids is 1. The molecule has 7 nitrogen and oxygen atoms in total. The third-order valence-corrected chi connectivity index (χ3v) is 3.31. The van der Waals surface area contributed by atoms with Crippen LogP contribution in [0.5, 0.6) is 0 Å². The van der Waals surface area contributed by atoms with Gasteiger partial charge in [0.1, 0.15) is 23.6 Å². The second-order valence-corrected chi connectivity index (χ2v) is 4.89. The van der Waals surface area contributed by atoms with Crippen LogP contribution in [0.3, 0.4) is 0 Å². The van der Waals surface area contributed by atoms with Gasteiger partial charge in [0.05, 0.1) is 13.2 Å². The molecule has 0 aromatic carbocycles. The second-order valence-electron chi connectivity index (χ2n) is 4.89. The lowest BCUT2D eigenvalue weighted by molar-refractivity contribution is 0.0599. The minimum absolute atomic E-state index is 0.204. The van der Waals surface area contributed by atoms with Crippen molar-refractivity contribution < 1.29 is 18.7 Å². The number of hydrogen-bond acceptors (Lipinski definition) is 5. The quantitative estimate of drug-likeness (QED) is 0.477. The fourth-order valence-corrected chi connectivity index (χ4v) is 2.18. The number of furan rings is 1. The number of ether oxygens (including phenoxy) is 2. The van der Waals surface area contributed by atoms with Crippen LogP contribution in [0, 0.1) is 6.92 Å². The van der Waals surface area contributed by atoms with E-state index in [9.17, 15) is 4.79 Å². The van der Waals surface area contributed by atoms with Gasteiger partial charge in [-0.25, -0.2) is 9.79 Å². The molecule has 2 rings (SSSR count). The Hall–Kier alpha value is -2.02. The Kier molecular flexibility index (Phi) is 5.21. The number of guanidine groups is 1. The van der Waals surface area contributed by atoms with Crippen LogP contribution >= 0.6 is 0 Å². The van der Waals surface area contributed by atoms with Gasteiger partial charge >= 0.3 is 5.97 Å². The SMILES string of the molecule is COC(=O)c1cc(CN=C(N)NC[C@@H]2CCCO2)oc1C. The van der Waals surface area contributed by atoms with E-state index in [0.29, 0.717) is 29.6 Å². The van der Waals surface area contributed by atoms with Crippen LogP contribution in [0.4, 0.5) is 0 Å². The molecule has 0 bridgehead atoms. The van der Waals surface area contributed by atoms with Gasteiger partial charge < -0.3 is 24.9 Å². The Balaban J connectivity index is 1.86. The largest absolute Gasteiger partial charge is 0.465 e. The summed E-state index contributed by atoms with van der Waals surface area (Å²) in [5, 5.41) is 3.02. The molecular formula is C14H21N3O4. The highest BCUT2D eigenvalue weighted by atomic mass is 16.5. The van der Waals surface area contributed by atoms with Crippen molar-refractivity contribution in [3.05, 3.63) is 23.2 Å². The topological polar surface area (TPSA) is 99.1 Å². The minimum atomic E-state index is -0.420. The van der Waals surface area contributed by atoms with Crippen molar-refractivity contribution in [3.63, 3.8) is 0 Å². The number of hydrogen-bond donors (Lipinski definition) is 2. The van der Waals surface area contributed by atoms with E-state index in [0.717, 1.165) is 19.4 Å². The maximum Gasteiger partial charge on any atom is 0.341 e. The first kappa shape index (κ1) is 15.4. The monoisotopic (exact) mass is 295 g/mol. The maximum absolute atomic E-state index is 11.5. The lowest BCUT2D eigenvalue weighted by atomic mass is 10.2. The van der Waals surface area contributed by atoms with Crippen LogP contribution in [-0.4, -0.2) is 38.3 Å². The zero-order chi connectivity index (χ0) is 15.2. The van der Waals surface area contributed by atoms with E-state index in [1.165, 1.54) is 7.11 Å². The molecule has 1 aliphatic heterocycles. The van der Waals surface area contributed by atoms with E-state index in [4.69, 9.17) is 14.9 Å². The summed E-state index contributed by atoms with van der Waals surface area (Å²) in [6.07, 6.45) is 2.33. The molecule has 0 aliphatic carbocycles. The van der Waals surface area contributed by atoms with Gasteiger partial charge in [0.25, 0.3) is 0 Å². The molecule has 0 radical (unpaired) electrons. The maximum atomic E-state index is 11.5.